The van der Waals surface area contributed by atoms with E-state index in [9.17, 15) is 29.7 Å². The average Bonchev–Trinajstić information content (AvgIpc) is 4.00. The summed E-state index contributed by atoms with van der Waals surface area (Å²) < 4.78 is 23.1. The Kier molecular flexibility index (Phi) is 7.66. The minimum Gasteiger partial charge on any atom is -0.454 e. The summed E-state index contributed by atoms with van der Waals surface area (Å²) in [6.07, 6.45) is 0.476. The van der Waals surface area contributed by atoms with Crippen molar-refractivity contribution in [3.05, 3.63) is 45.9 Å². The number of ether oxygens (including phenoxy) is 4. The van der Waals surface area contributed by atoms with Crippen LogP contribution in [-0.4, -0.2) is 90.4 Å². The lowest BCUT2D eigenvalue weighted by atomic mass is 9.79. The number of nitriles is 2. The second-order valence-corrected chi connectivity index (χ2v) is 22.2. The van der Waals surface area contributed by atoms with Gasteiger partial charge in [0.25, 0.3) is 23.6 Å². The van der Waals surface area contributed by atoms with Gasteiger partial charge in [0.1, 0.15) is 0 Å². The number of piperazine rings is 2. The van der Waals surface area contributed by atoms with E-state index in [0.29, 0.717) is 33.0 Å². The first-order valence-electron chi connectivity index (χ1n) is 17.2. The van der Waals surface area contributed by atoms with Gasteiger partial charge in [-0.15, -0.1) is 0 Å². The van der Waals surface area contributed by atoms with E-state index in [1.807, 2.05) is 25.1 Å². The zero-order chi connectivity index (χ0) is 39.4. The lowest BCUT2D eigenvalue weighted by Crippen LogP contribution is -2.73. The standard InChI is InChI=1S/C18H16BrN3O4S2.C18H17N3O4S2/c1-16(7-20)6-18-15(24)21(3)17(2,28(18)27)14(23)22(18)13(16)11-9(19)4-5-10-12(11)26-8-25-10;1-16(8-19)7-18-15(23)20(3)17(2,26-27-18)14(22)21(18)13(16)10-5-4-6-11-12(10)25-9-24-11/h4-5,13H,6,8H2,1-3H3;4-6,13H,7,9H2,1-3H3/t;13?,16-,17?,18?/m.1/s1. The van der Waals surface area contributed by atoms with E-state index in [2.05, 4.69) is 28.1 Å². The molecule has 0 saturated carbocycles. The largest absolute Gasteiger partial charge is 0.454 e. The molecule has 0 aromatic heterocycles. The van der Waals surface area contributed by atoms with Gasteiger partial charge in [-0.2, -0.15) is 10.5 Å². The van der Waals surface area contributed by atoms with Crippen molar-refractivity contribution in [1.82, 2.24) is 19.6 Å². The number of hydrogen-bond donors (Lipinski definition) is 0. The van der Waals surface area contributed by atoms with Gasteiger partial charge in [0, 0.05) is 42.5 Å². The number of carbonyl (C=O) groups excluding carboxylic acids is 4. The molecule has 9 atom stereocenters. The Labute approximate surface area is 339 Å². The van der Waals surface area contributed by atoms with Gasteiger partial charge in [0.05, 0.1) is 35.1 Å². The molecule has 7 fully saturated rings. The van der Waals surface area contributed by atoms with Crippen LogP contribution in [0.3, 0.4) is 0 Å². The maximum atomic E-state index is 13.6. The Hall–Kier alpha value is -3.75. The molecule has 4 bridgehead atoms. The van der Waals surface area contributed by atoms with Crippen LogP contribution >= 0.6 is 37.5 Å². The first-order chi connectivity index (χ1) is 25.9. The summed E-state index contributed by atoms with van der Waals surface area (Å²) in [5, 5.41) is 20.2. The van der Waals surface area contributed by atoms with Gasteiger partial charge in [-0.3, -0.25) is 19.2 Å². The number of fused-ring (bicyclic) bond motifs is 5. The van der Waals surface area contributed by atoms with Crippen LogP contribution in [0.15, 0.2) is 34.8 Å². The molecule has 8 unspecified atom stereocenters. The lowest BCUT2D eigenvalue weighted by Gasteiger charge is -2.57. The van der Waals surface area contributed by atoms with E-state index in [1.54, 1.807) is 56.8 Å². The number of nitrogens with zero attached hydrogens (tertiary/aromatic N) is 6. The van der Waals surface area contributed by atoms with E-state index in [-0.39, 0.29) is 50.1 Å². The lowest BCUT2D eigenvalue weighted by molar-refractivity contribution is -0.164. The Balaban J connectivity index is 0.000000144. The van der Waals surface area contributed by atoms with Crippen molar-refractivity contribution in [2.24, 2.45) is 10.8 Å². The fraction of sp³-hybridized carbons (Fsp3) is 0.500. The average molecular weight is 886 g/mol. The summed E-state index contributed by atoms with van der Waals surface area (Å²) in [4.78, 5) is 55.7. The molecule has 286 valence electrons. The van der Waals surface area contributed by atoms with Gasteiger partial charge in [-0.05, 0) is 57.1 Å². The highest BCUT2D eigenvalue weighted by molar-refractivity contribution is 9.10. The van der Waals surface area contributed by atoms with E-state index in [0.717, 1.165) is 5.56 Å². The number of hydrogen-bond acceptors (Lipinski definition) is 13. The molecule has 9 aliphatic heterocycles. The molecule has 2 aromatic carbocycles. The van der Waals surface area contributed by atoms with Crippen LogP contribution in [-0.2, 0) is 39.8 Å². The Bertz CT molecular complexity index is 2320. The molecule has 9 heterocycles. The first-order valence-corrected chi connectivity index (χ1v) is 22.3. The first kappa shape index (κ1) is 36.9. The van der Waals surface area contributed by atoms with Crippen molar-refractivity contribution in [2.45, 2.75) is 72.1 Å². The number of halogens is 1. The molecule has 7 saturated heterocycles. The number of para-hydroxylation sites is 1. The fourth-order valence-corrected chi connectivity index (χ4v) is 17.2. The SMILES string of the molecule is CN1C(=O)C23CC(C)(C#N)C(c4c(Br)ccc5c4OCO5)N2C(=O)C1(C)S3=S.CN1C(=O)C23C[C@](C)(C#N)C(c4cccc5c4OCO5)N2C(=O)C1(C)SS3. The smallest absolute Gasteiger partial charge is 0.261 e. The quantitative estimate of drug-likeness (QED) is 0.389. The summed E-state index contributed by atoms with van der Waals surface area (Å²) in [6, 6.07) is 12.6. The van der Waals surface area contributed by atoms with Crippen LogP contribution in [0.1, 0.15) is 63.7 Å². The van der Waals surface area contributed by atoms with Crippen LogP contribution < -0.4 is 18.9 Å². The maximum absolute atomic E-state index is 13.6. The molecular formula is C36H33BrN6O8S4. The topological polar surface area (TPSA) is 166 Å². The normalized spacial score (nSPS) is 39.6. The molecule has 0 radical (unpaired) electrons. The third-order valence-corrected chi connectivity index (χ3v) is 21.0. The Morgan fingerprint density at radius 3 is 2.09 bits per heavy atom. The molecule has 4 amide bonds. The van der Waals surface area contributed by atoms with E-state index >= 15 is 0 Å². The van der Waals surface area contributed by atoms with E-state index in [1.165, 1.54) is 31.4 Å². The number of carbonyl (C=O) groups is 4. The van der Waals surface area contributed by atoms with Crippen LogP contribution in [0, 0.1) is 33.5 Å². The third kappa shape index (κ3) is 4.13. The van der Waals surface area contributed by atoms with Gasteiger partial charge in [0.2, 0.25) is 13.6 Å². The molecule has 19 heteroatoms. The van der Waals surface area contributed by atoms with Gasteiger partial charge < -0.3 is 38.5 Å². The molecule has 0 N–H and O–H groups in total. The molecular weight excluding hydrogens is 853 g/mol. The van der Waals surface area contributed by atoms with Gasteiger partial charge >= 0.3 is 0 Å². The van der Waals surface area contributed by atoms with Crippen molar-refractivity contribution in [2.75, 3.05) is 27.7 Å². The Morgan fingerprint density at radius 1 is 0.782 bits per heavy atom. The number of likely N-dealkylation sites (N-methyl/N-ethyl adjacent to an activating group) is 2. The minimum absolute atomic E-state index is 0.0681. The molecule has 14 nitrogen and oxygen atoms in total. The summed E-state index contributed by atoms with van der Waals surface area (Å²) in [7, 11) is 5.12. The molecule has 11 rings (SSSR count). The van der Waals surface area contributed by atoms with Crippen molar-refractivity contribution >= 4 is 81.8 Å². The second-order valence-electron chi connectivity index (χ2n) is 15.5. The number of benzene rings is 2. The maximum Gasteiger partial charge on any atom is 0.261 e. The second kappa shape index (κ2) is 11.4. The van der Waals surface area contributed by atoms with Gasteiger partial charge in [-0.25, -0.2) is 0 Å². The number of amides is 4. The fourth-order valence-electron chi connectivity index (χ4n) is 9.55. The highest BCUT2D eigenvalue weighted by Gasteiger charge is 2.81. The van der Waals surface area contributed by atoms with Gasteiger partial charge in [0.15, 0.2) is 42.5 Å². The third-order valence-electron chi connectivity index (χ3n) is 12.5. The summed E-state index contributed by atoms with van der Waals surface area (Å²) in [5.41, 5.74) is -0.568. The zero-order valence-corrected chi connectivity index (χ0v) is 35.2. The van der Waals surface area contributed by atoms with Crippen LogP contribution in [0.25, 0.3) is 0 Å². The molecule has 2 aromatic rings. The molecule has 9 aliphatic rings. The number of rotatable bonds is 2. The zero-order valence-electron chi connectivity index (χ0n) is 30.3. The molecule has 2 spiro atoms. The van der Waals surface area contributed by atoms with Crippen LogP contribution in [0.4, 0.5) is 0 Å². The minimum atomic E-state index is -1.17. The van der Waals surface area contributed by atoms with E-state index in [4.69, 9.17) is 30.1 Å². The van der Waals surface area contributed by atoms with Crippen molar-refractivity contribution in [3.8, 4) is 35.1 Å². The predicted molar refractivity (Wildman–Crippen MR) is 206 cm³/mol. The van der Waals surface area contributed by atoms with Crippen molar-refractivity contribution < 1.29 is 38.1 Å². The van der Waals surface area contributed by atoms with E-state index < -0.39 is 51.9 Å². The van der Waals surface area contributed by atoms with Crippen molar-refractivity contribution in [3.63, 3.8) is 0 Å². The monoisotopic (exact) mass is 884 g/mol. The summed E-state index contributed by atoms with van der Waals surface area (Å²) in [5.74, 6) is 1.56. The van der Waals surface area contributed by atoms with Crippen molar-refractivity contribution in [1.29, 1.82) is 10.5 Å². The molecule has 55 heavy (non-hydrogen) atoms. The molecule has 0 aliphatic carbocycles. The summed E-state index contributed by atoms with van der Waals surface area (Å²) in [6.45, 7) is 7.28. The Morgan fingerprint density at radius 2 is 1.42 bits per heavy atom. The van der Waals surface area contributed by atoms with Crippen LogP contribution in [0.5, 0.6) is 23.0 Å². The highest BCUT2D eigenvalue weighted by Crippen LogP contribution is 2.71. The van der Waals surface area contributed by atoms with Crippen LogP contribution in [0.2, 0.25) is 0 Å². The predicted octanol–water partition coefficient (Wildman–Crippen LogP) is 4.46. The summed E-state index contributed by atoms with van der Waals surface area (Å²) >= 11 is 9.36. The highest BCUT2D eigenvalue weighted by atomic mass is 79.9. The van der Waals surface area contributed by atoms with Gasteiger partial charge in [-0.1, -0.05) is 59.1 Å².